The Morgan fingerprint density at radius 3 is 2.72 bits per heavy atom. The molecule has 0 saturated heterocycles. The van der Waals surface area contributed by atoms with Crippen LogP contribution in [-0.2, 0) is 16.1 Å². The smallest absolute Gasteiger partial charge is 0.0916 e. The fourth-order valence-electron chi connectivity index (χ4n) is 1.52. The van der Waals surface area contributed by atoms with E-state index in [-0.39, 0.29) is 0 Å². The van der Waals surface area contributed by atoms with Crippen molar-refractivity contribution in [1.82, 2.24) is 15.3 Å². The van der Waals surface area contributed by atoms with E-state index >= 15 is 0 Å². The number of aromatic nitrogens is 2. The summed E-state index contributed by atoms with van der Waals surface area (Å²) in [5, 5.41) is 4.17. The van der Waals surface area contributed by atoms with E-state index in [9.17, 15) is 0 Å². The van der Waals surface area contributed by atoms with Crippen LogP contribution in [0.5, 0.6) is 0 Å². The van der Waals surface area contributed by atoms with Crippen molar-refractivity contribution in [2.75, 3.05) is 20.3 Å². The Labute approximate surface area is 106 Å². The van der Waals surface area contributed by atoms with Gasteiger partial charge in [0.2, 0.25) is 0 Å². The molecule has 0 radical (unpaired) electrons. The summed E-state index contributed by atoms with van der Waals surface area (Å²) in [6.07, 6.45) is 3.68. The molecule has 1 heterocycles. The quantitative estimate of drug-likeness (QED) is 0.595. The van der Waals surface area contributed by atoms with Crippen LogP contribution in [0, 0.1) is 0 Å². The summed E-state index contributed by atoms with van der Waals surface area (Å²) in [5.74, 6) is 0. The standard InChI is InChI=1S/C13H17N3O2/c1-17-9-10-18-15-11-12-3-5-13(6-4-12)16-8-2-7-14-16/h2-8,15H,9-11H2,1H3. The lowest BCUT2D eigenvalue weighted by Gasteiger charge is -2.06. The van der Waals surface area contributed by atoms with Gasteiger partial charge in [-0.25, -0.2) is 4.68 Å². The number of benzene rings is 1. The van der Waals surface area contributed by atoms with E-state index in [1.54, 1.807) is 13.3 Å². The average molecular weight is 247 g/mol. The highest BCUT2D eigenvalue weighted by Gasteiger charge is 1.97. The van der Waals surface area contributed by atoms with Gasteiger partial charge in [0.15, 0.2) is 0 Å². The van der Waals surface area contributed by atoms with Crippen LogP contribution < -0.4 is 5.48 Å². The predicted octanol–water partition coefficient (Wildman–Crippen LogP) is 1.54. The zero-order chi connectivity index (χ0) is 12.6. The number of rotatable bonds is 7. The molecule has 0 aliphatic carbocycles. The molecule has 0 amide bonds. The largest absolute Gasteiger partial charge is 0.382 e. The third-order valence-electron chi connectivity index (χ3n) is 2.47. The lowest BCUT2D eigenvalue weighted by molar-refractivity contribution is 0.00346. The average Bonchev–Trinajstić information content (AvgIpc) is 2.93. The minimum absolute atomic E-state index is 0.544. The van der Waals surface area contributed by atoms with Crippen LogP contribution in [-0.4, -0.2) is 30.1 Å². The van der Waals surface area contributed by atoms with Gasteiger partial charge in [0.05, 0.1) is 18.9 Å². The number of nitrogens with one attached hydrogen (secondary N) is 1. The van der Waals surface area contributed by atoms with Crippen molar-refractivity contribution in [1.29, 1.82) is 0 Å². The van der Waals surface area contributed by atoms with Crippen molar-refractivity contribution in [2.45, 2.75) is 6.54 Å². The van der Waals surface area contributed by atoms with Gasteiger partial charge < -0.3 is 4.74 Å². The van der Waals surface area contributed by atoms with Crippen LogP contribution >= 0.6 is 0 Å². The molecule has 1 N–H and O–H groups in total. The zero-order valence-electron chi connectivity index (χ0n) is 10.4. The van der Waals surface area contributed by atoms with E-state index in [1.807, 2.05) is 41.2 Å². The molecule has 0 spiro atoms. The van der Waals surface area contributed by atoms with Gasteiger partial charge in [-0.1, -0.05) is 12.1 Å². The van der Waals surface area contributed by atoms with Crippen molar-refractivity contribution in [3.8, 4) is 5.69 Å². The topological polar surface area (TPSA) is 48.3 Å². The highest BCUT2D eigenvalue weighted by Crippen LogP contribution is 2.08. The Morgan fingerprint density at radius 1 is 1.22 bits per heavy atom. The van der Waals surface area contributed by atoms with Crippen LogP contribution in [0.4, 0.5) is 0 Å². The minimum Gasteiger partial charge on any atom is -0.382 e. The minimum atomic E-state index is 0.544. The fraction of sp³-hybridized carbons (Fsp3) is 0.308. The summed E-state index contributed by atoms with van der Waals surface area (Å²) < 4.78 is 6.70. The monoisotopic (exact) mass is 247 g/mol. The molecule has 1 aromatic carbocycles. The molecule has 0 unspecified atom stereocenters. The lowest BCUT2D eigenvalue weighted by atomic mass is 10.2. The number of hydroxylamine groups is 1. The highest BCUT2D eigenvalue weighted by atomic mass is 16.7. The normalized spacial score (nSPS) is 10.7. The SMILES string of the molecule is COCCONCc1ccc(-n2cccn2)cc1. The maximum atomic E-state index is 5.19. The summed E-state index contributed by atoms with van der Waals surface area (Å²) in [5.41, 5.74) is 5.09. The van der Waals surface area contributed by atoms with Crippen LogP contribution in [0.1, 0.15) is 5.56 Å². The van der Waals surface area contributed by atoms with Gasteiger partial charge in [-0.05, 0) is 23.8 Å². The van der Waals surface area contributed by atoms with Gasteiger partial charge in [-0.3, -0.25) is 4.84 Å². The molecule has 96 valence electrons. The van der Waals surface area contributed by atoms with Crippen molar-refractivity contribution in [3.63, 3.8) is 0 Å². The number of hydrogen-bond donors (Lipinski definition) is 1. The van der Waals surface area contributed by atoms with Gasteiger partial charge in [-0.2, -0.15) is 10.6 Å². The van der Waals surface area contributed by atoms with E-state index in [0.717, 1.165) is 11.3 Å². The second-order valence-electron chi connectivity index (χ2n) is 3.78. The summed E-state index contributed by atoms with van der Waals surface area (Å²) in [4.78, 5) is 5.19. The second-order valence-corrected chi connectivity index (χ2v) is 3.78. The van der Waals surface area contributed by atoms with Crippen LogP contribution in [0.25, 0.3) is 5.69 Å². The molecule has 0 aliphatic rings. The van der Waals surface area contributed by atoms with Crippen molar-refractivity contribution in [2.24, 2.45) is 0 Å². The summed E-state index contributed by atoms with van der Waals surface area (Å²) >= 11 is 0. The first-order chi connectivity index (χ1) is 8.90. The van der Waals surface area contributed by atoms with Crippen LogP contribution in [0.15, 0.2) is 42.7 Å². The molecule has 0 aliphatic heterocycles. The van der Waals surface area contributed by atoms with Gasteiger partial charge in [0.1, 0.15) is 0 Å². The van der Waals surface area contributed by atoms with E-state index in [0.29, 0.717) is 19.8 Å². The van der Waals surface area contributed by atoms with Gasteiger partial charge in [0.25, 0.3) is 0 Å². The Bertz CT molecular complexity index is 440. The third kappa shape index (κ3) is 3.66. The molecule has 2 aromatic rings. The molecular weight excluding hydrogens is 230 g/mol. The Balaban J connectivity index is 1.81. The van der Waals surface area contributed by atoms with Gasteiger partial charge in [0, 0.05) is 26.0 Å². The van der Waals surface area contributed by atoms with E-state index < -0.39 is 0 Å². The van der Waals surface area contributed by atoms with E-state index in [2.05, 4.69) is 10.6 Å². The highest BCUT2D eigenvalue weighted by molar-refractivity contribution is 5.33. The molecule has 5 heteroatoms. The van der Waals surface area contributed by atoms with E-state index in [1.165, 1.54) is 0 Å². The van der Waals surface area contributed by atoms with Crippen molar-refractivity contribution < 1.29 is 9.57 Å². The molecule has 5 nitrogen and oxygen atoms in total. The summed E-state index contributed by atoms with van der Waals surface area (Å²) in [6.45, 7) is 1.80. The first-order valence-electron chi connectivity index (χ1n) is 5.82. The fourth-order valence-corrected chi connectivity index (χ4v) is 1.52. The van der Waals surface area contributed by atoms with E-state index in [4.69, 9.17) is 9.57 Å². The molecular formula is C13H17N3O2. The molecule has 0 saturated carbocycles. The first kappa shape index (κ1) is 12.8. The number of methoxy groups -OCH3 is 1. The predicted molar refractivity (Wildman–Crippen MR) is 68.2 cm³/mol. The Morgan fingerprint density at radius 2 is 2.06 bits per heavy atom. The second kappa shape index (κ2) is 6.90. The van der Waals surface area contributed by atoms with Crippen molar-refractivity contribution in [3.05, 3.63) is 48.3 Å². The number of hydrogen-bond acceptors (Lipinski definition) is 4. The lowest BCUT2D eigenvalue weighted by Crippen LogP contribution is -2.17. The molecule has 0 atom stereocenters. The first-order valence-corrected chi connectivity index (χ1v) is 5.82. The van der Waals surface area contributed by atoms with Gasteiger partial charge in [-0.15, -0.1) is 0 Å². The number of ether oxygens (including phenoxy) is 1. The summed E-state index contributed by atoms with van der Waals surface area (Å²) in [7, 11) is 1.65. The Hall–Kier alpha value is -1.69. The van der Waals surface area contributed by atoms with Gasteiger partial charge >= 0.3 is 0 Å². The maximum Gasteiger partial charge on any atom is 0.0916 e. The van der Waals surface area contributed by atoms with Crippen LogP contribution in [0.3, 0.4) is 0 Å². The summed E-state index contributed by atoms with van der Waals surface area (Å²) in [6, 6.07) is 10.0. The zero-order valence-corrected chi connectivity index (χ0v) is 10.4. The molecule has 0 bridgehead atoms. The molecule has 1 aromatic heterocycles. The van der Waals surface area contributed by atoms with Crippen LogP contribution in [0.2, 0.25) is 0 Å². The molecule has 0 fully saturated rings. The van der Waals surface area contributed by atoms with Crippen molar-refractivity contribution >= 4 is 0 Å². The Kier molecular flexibility index (Phi) is 4.89. The number of nitrogens with zero attached hydrogens (tertiary/aromatic N) is 2. The molecule has 2 rings (SSSR count). The third-order valence-corrected chi connectivity index (χ3v) is 2.47. The molecule has 18 heavy (non-hydrogen) atoms. The maximum absolute atomic E-state index is 5.19.